The first-order valence-electron chi connectivity index (χ1n) is 10.8. The van der Waals surface area contributed by atoms with Gasteiger partial charge in [-0.15, -0.1) is 0 Å². The Morgan fingerprint density at radius 1 is 1.22 bits per heavy atom. The molecule has 1 saturated carbocycles. The van der Waals surface area contributed by atoms with Gasteiger partial charge in [0, 0.05) is 32.2 Å². The molecular formula is C22H30N2O8. The van der Waals surface area contributed by atoms with Crippen LogP contribution in [0.1, 0.15) is 56.4 Å². The third-order valence-corrected chi connectivity index (χ3v) is 5.47. The van der Waals surface area contributed by atoms with E-state index in [4.69, 9.17) is 23.7 Å². The Morgan fingerprint density at radius 2 is 1.97 bits per heavy atom. The Labute approximate surface area is 186 Å². The molecule has 0 unspecified atom stereocenters. The fourth-order valence-electron chi connectivity index (χ4n) is 3.82. The van der Waals surface area contributed by atoms with Gasteiger partial charge in [0.1, 0.15) is 6.10 Å². The number of hydrogen-bond donors (Lipinski definition) is 1. The topological polar surface area (TPSA) is 122 Å². The normalized spacial score (nSPS) is 24.6. The second-order valence-corrected chi connectivity index (χ2v) is 7.90. The van der Waals surface area contributed by atoms with Crippen molar-refractivity contribution in [1.29, 1.82) is 0 Å². The minimum atomic E-state index is -1.06. The second kappa shape index (κ2) is 11.2. The van der Waals surface area contributed by atoms with E-state index >= 15 is 0 Å². The zero-order chi connectivity index (χ0) is 23.1. The largest absolute Gasteiger partial charge is 0.493 e. The number of carbonyl (C=O) groups is 3. The average molecular weight is 450 g/mol. The zero-order valence-electron chi connectivity index (χ0n) is 18.6. The number of nitrogens with zero attached hydrogens (tertiary/aromatic N) is 1. The van der Waals surface area contributed by atoms with Crippen molar-refractivity contribution in [2.24, 2.45) is 0 Å². The summed E-state index contributed by atoms with van der Waals surface area (Å²) in [5.41, 5.74) is -0.192. The summed E-state index contributed by atoms with van der Waals surface area (Å²) in [6.45, 7) is 3.27. The lowest BCUT2D eigenvalue weighted by molar-refractivity contribution is -0.160. The van der Waals surface area contributed by atoms with E-state index in [2.05, 4.69) is 10.3 Å². The molecule has 2 aliphatic rings. The minimum absolute atomic E-state index is 0.0691. The lowest BCUT2D eigenvalue weighted by Crippen LogP contribution is -2.46. The molecule has 32 heavy (non-hydrogen) atoms. The molecule has 10 heteroatoms. The van der Waals surface area contributed by atoms with Crippen LogP contribution in [0.15, 0.2) is 12.3 Å². The van der Waals surface area contributed by atoms with Gasteiger partial charge in [-0.05, 0) is 19.8 Å². The molecule has 0 radical (unpaired) electrons. The van der Waals surface area contributed by atoms with Gasteiger partial charge < -0.3 is 29.0 Å². The summed E-state index contributed by atoms with van der Waals surface area (Å²) in [4.78, 5) is 41.1. The number of rotatable bonds is 6. The van der Waals surface area contributed by atoms with Gasteiger partial charge in [0.15, 0.2) is 17.5 Å². The summed E-state index contributed by atoms with van der Waals surface area (Å²) in [6, 6.07) is 0.395. The van der Waals surface area contributed by atoms with Crippen molar-refractivity contribution in [2.45, 2.75) is 70.3 Å². The number of cyclic esters (lactones) is 1. The molecule has 1 N–H and O–H groups in total. The minimum Gasteiger partial charge on any atom is -0.493 e. The summed E-state index contributed by atoms with van der Waals surface area (Å²) in [5.74, 6) is -1.97. The molecule has 1 aliphatic carbocycles. The number of hydrogen-bond acceptors (Lipinski definition) is 9. The van der Waals surface area contributed by atoms with Crippen molar-refractivity contribution in [1.82, 2.24) is 10.3 Å². The molecule has 10 nitrogen and oxygen atoms in total. The van der Waals surface area contributed by atoms with Gasteiger partial charge in [-0.3, -0.25) is 9.59 Å². The first-order chi connectivity index (χ1) is 15.4. The number of esters is 2. The molecule has 1 saturated heterocycles. The number of methoxy groups -OCH3 is 1. The Balaban J connectivity index is 1.70. The smallest absolute Gasteiger partial charge is 0.331 e. The molecule has 0 aromatic carbocycles. The van der Waals surface area contributed by atoms with Crippen molar-refractivity contribution in [3.05, 3.63) is 18.0 Å². The van der Waals surface area contributed by atoms with E-state index in [0.717, 1.165) is 25.7 Å². The third-order valence-electron chi connectivity index (χ3n) is 5.47. The molecule has 1 aromatic rings. The van der Waals surface area contributed by atoms with Gasteiger partial charge in [-0.1, -0.05) is 12.8 Å². The van der Waals surface area contributed by atoms with Crippen molar-refractivity contribution in [2.75, 3.05) is 20.3 Å². The number of amides is 1. The van der Waals surface area contributed by atoms with Crippen LogP contribution in [-0.2, 0) is 23.8 Å². The number of pyridine rings is 1. The van der Waals surface area contributed by atoms with Crippen molar-refractivity contribution in [3.63, 3.8) is 0 Å². The lowest BCUT2D eigenvalue weighted by Gasteiger charge is -2.27. The highest BCUT2D eigenvalue weighted by Crippen LogP contribution is 2.30. The Hall–Kier alpha value is -2.72. The maximum Gasteiger partial charge on any atom is 0.331 e. The summed E-state index contributed by atoms with van der Waals surface area (Å²) in [7, 11) is 1.37. The van der Waals surface area contributed by atoms with E-state index in [9.17, 15) is 14.4 Å². The molecule has 0 bridgehead atoms. The Morgan fingerprint density at radius 3 is 2.66 bits per heavy atom. The van der Waals surface area contributed by atoms with E-state index in [1.165, 1.54) is 26.3 Å². The number of aromatic nitrogens is 1. The molecule has 176 valence electrons. The Kier molecular flexibility index (Phi) is 8.40. The monoisotopic (exact) mass is 450 g/mol. The van der Waals surface area contributed by atoms with Gasteiger partial charge in [-0.25, -0.2) is 9.78 Å². The van der Waals surface area contributed by atoms with E-state index in [0.29, 0.717) is 13.0 Å². The fraction of sp³-hybridized carbons (Fsp3) is 0.636. The molecule has 3 rings (SSSR count). The standard InChI is InChI=1S/C22H30N2O8/c1-13-17(32-15-6-4-5-7-15)9-11-29-12-16(22(27)30-13)24-21(26)19-20(31-14(2)25)18(28-3)8-10-23-19/h8,10,13,15-17H,4-7,9,11-12H2,1-3H3,(H,24,26)/t13-,16-,17+/m0/s1. The van der Waals surface area contributed by atoms with Crippen molar-refractivity contribution >= 4 is 17.8 Å². The summed E-state index contributed by atoms with van der Waals surface area (Å²) in [6.07, 6.45) is 5.64. The lowest BCUT2D eigenvalue weighted by atomic mass is 10.1. The molecule has 1 aliphatic heterocycles. The van der Waals surface area contributed by atoms with Crippen LogP contribution in [0.2, 0.25) is 0 Å². The van der Waals surface area contributed by atoms with Gasteiger partial charge in [0.2, 0.25) is 5.75 Å². The van der Waals surface area contributed by atoms with Crippen LogP contribution in [-0.4, -0.2) is 67.5 Å². The van der Waals surface area contributed by atoms with Crippen LogP contribution in [0.4, 0.5) is 0 Å². The van der Waals surface area contributed by atoms with Crippen molar-refractivity contribution < 1.29 is 38.1 Å². The van der Waals surface area contributed by atoms with Crippen LogP contribution >= 0.6 is 0 Å². The highest BCUT2D eigenvalue weighted by molar-refractivity contribution is 5.98. The molecule has 1 aromatic heterocycles. The maximum atomic E-state index is 12.9. The van der Waals surface area contributed by atoms with E-state index in [1.54, 1.807) is 6.92 Å². The van der Waals surface area contributed by atoms with Crippen LogP contribution in [0.3, 0.4) is 0 Å². The first-order valence-corrected chi connectivity index (χ1v) is 10.8. The summed E-state index contributed by atoms with van der Waals surface area (Å²) < 4.78 is 27.6. The fourth-order valence-corrected chi connectivity index (χ4v) is 3.82. The predicted molar refractivity (Wildman–Crippen MR) is 111 cm³/mol. The molecular weight excluding hydrogens is 420 g/mol. The number of carbonyl (C=O) groups excluding carboxylic acids is 3. The van der Waals surface area contributed by atoms with Crippen LogP contribution in [0, 0.1) is 0 Å². The van der Waals surface area contributed by atoms with Gasteiger partial charge >= 0.3 is 11.9 Å². The molecule has 2 heterocycles. The molecule has 1 amide bonds. The van der Waals surface area contributed by atoms with Gasteiger partial charge in [0.25, 0.3) is 5.91 Å². The van der Waals surface area contributed by atoms with E-state index in [1.807, 2.05) is 0 Å². The average Bonchev–Trinajstić information content (AvgIpc) is 3.28. The number of nitrogens with one attached hydrogen (secondary N) is 1. The highest BCUT2D eigenvalue weighted by Gasteiger charge is 2.33. The Bertz CT molecular complexity index is 824. The van der Waals surface area contributed by atoms with E-state index < -0.39 is 30.0 Å². The van der Waals surface area contributed by atoms with Crippen LogP contribution in [0.5, 0.6) is 11.5 Å². The SMILES string of the molecule is COc1ccnc(C(=O)N[C@H]2COCC[C@@H](OC3CCCC3)[C@H](C)OC2=O)c1OC(C)=O. The molecule has 2 fully saturated rings. The first kappa shape index (κ1) is 23.9. The maximum absolute atomic E-state index is 12.9. The summed E-state index contributed by atoms with van der Waals surface area (Å²) in [5, 5.41) is 2.57. The van der Waals surface area contributed by atoms with Crippen molar-refractivity contribution in [3.8, 4) is 11.5 Å². The third kappa shape index (κ3) is 6.17. The quantitative estimate of drug-likeness (QED) is 0.646. The summed E-state index contributed by atoms with van der Waals surface area (Å²) >= 11 is 0. The second-order valence-electron chi connectivity index (χ2n) is 7.90. The molecule has 0 spiro atoms. The van der Waals surface area contributed by atoms with Gasteiger partial charge in [0.05, 0.1) is 25.9 Å². The highest BCUT2D eigenvalue weighted by atomic mass is 16.6. The predicted octanol–water partition coefficient (Wildman–Crippen LogP) is 1.79. The molecule has 3 atom stereocenters. The zero-order valence-corrected chi connectivity index (χ0v) is 18.6. The van der Waals surface area contributed by atoms with E-state index in [-0.39, 0.29) is 36.0 Å². The number of ether oxygens (including phenoxy) is 5. The van der Waals surface area contributed by atoms with Gasteiger partial charge in [-0.2, -0.15) is 0 Å². The van der Waals surface area contributed by atoms with Crippen LogP contribution in [0.25, 0.3) is 0 Å². The van der Waals surface area contributed by atoms with Crippen LogP contribution < -0.4 is 14.8 Å².